The molecule has 6 nitrogen and oxygen atoms in total. The van der Waals surface area contributed by atoms with Crippen LogP contribution >= 0.6 is 0 Å². The van der Waals surface area contributed by atoms with E-state index in [-0.39, 0.29) is 12.2 Å². The molecule has 0 amide bonds. The molecule has 0 unspecified atom stereocenters. The number of aromatic nitrogens is 2. The predicted octanol–water partition coefficient (Wildman–Crippen LogP) is 4.99. The van der Waals surface area contributed by atoms with Gasteiger partial charge in [0.25, 0.3) is 0 Å². The second kappa shape index (κ2) is 9.63. The molecule has 0 bridgehead atoms. The Morgan fingerprint density at radius 1 is 1.06 bits per heavy atom. The molecule has 0 saturated carbocycles. The Morgan fingerprint density at radius 3 is 2.53 bits per heavy atom. The Kier molecular flexibility index (Phi) is 6.28. The van der Waals surface area contributed by atoms with E-state index >= 15 is 0 Å². The van der Waals surface area contributed by atoms with Crippen molar-refractivity contribution in [2.24, 2.45) is 0 Å². The van der Waals surface area contributed by atoms with Gasteiger partial charge in [0.05, 0.1) is 20.0 Å². The summed E-state index contributed by atoms with van der Waals surface area (Å²) in [6, 6.07) is 16.5. The quantitative estimate of drug-likeness (QED) is 0.332. The van der Waals surface area contributed by atoms with E-state index in [0.717, 1.165) is 16.7 Å². The first-order chi connectivity index (χ1) is 15.7. The molecule has 3 aromatic heterocycles. The number of carbonyl (C=O) groups excluding carboxylic acids is 1. The summed E-state index contributed by atoms with van der Waals surface area (Å²) >= 11 is 0. The van der Waals surface area contributed by atoms with Gasteiger partial charge >= 0.3 is 5.97 Å². The highest BCUT2D eigenvalue weighted by molar-refractivity contribution is 5.96. The second-order valence-corrected chi connectivity index (χ2v) is 6.70. The molecule has 158 valence electrons. The monoisotopic (exact) mass is 424 g/mol. The van der Waals surface area contributed by atoms with Gasteiger partial charge in [0, 0.05) is 29.1 Å². The first-order valence-corrected chi connectivity index (χ1v) is 10.0. The van der Waals surface area contributed by atoms with Crippen LogP contribution in [0.4, 0.5) is 0 Å². The molecular formula is C26H20N2O4. The van der Waals surface area contributed by atoms with Crippen molar-refractivity contribution in [2.45, 2.75) is 6.92 Å². The van der Waals surface area contributed by atoms with Crippen LogP contribution in [0.2, 0.25) is 0 Å². The lowest BCUT2D eigenvalue weighted by atomic mass is 10.0. The number of rotatable bonds is 5. The number of methoxy groups -OCH3 is 1. The van der Waals surface area contributed by atoms with E-state index < -0.39 is 5.97 Å². The summed E-state index contributed by atoms with van der Waals surface area (Å²) in [5.41, 5.74) is 3.75. The van der Waals surface area contributed by atoms with E-state index in [4.69, 9.17) is 18.9 Å². The van der Waals surface area contributed by atoms with Gasteiger partial charge in [0.1, 0.15) is 17.0 Å². The second-order valence-electron chi connectivity index (χ2n) is 6.70. The van der Waals surface area contributed by atoms with Crippen molar-refractivity contribution in [3.63, 3.8) is 0 Å². The maximum Gasteiger partial charge on any atom is 0.342 e. The molecule has 4 rings (SSSR count). The molecule has 0 saturated heterocycles. The van der Waals surface area contributed by atoms with Gasteiger partial charge in [0.2, 0.25) is 0 Å². The number of furan rings is 1. The average Bonchev–Trinajstić information content (AvgIpc) is 3.38. The fraction of sp³-hybridized carbons (Fsp3) is 0.115. The molecule has 3 heterocycles. The van der Waals surface area contributed by atoms with E-state index in [2.05, 4.69) is 16.8 Å². The van der Waals surface area contributed by atoms with Gasteiger partial charge in [-0.3, -0.25) is 4.98 Å². The van der Waals surface area contributed by atoms with Gasteiger partial charge in [-0.15, -0.1) is 0 Å². The van der Waals surface area contributed by atoms with Crippen molar-refractivity contribution in [1.29, 1.82) is 0 Å². The molecule has 4 aromatic rings. The summed E-state index contributed by atoms with van der Waals surface area (Å²) in [5.74, 6) is 6.59. The molecule has 32 heavy (non-hydrogen) atoms. The van der Waals surface area contributed by atoms with Crippen molar-refractivity contribution in [2.75, 3.05) is 13.7 Å². The number of hydrogen-bond donors (Lipinski definition) is 0. The van der Waals surface area contributed by atoms with Crippen LogP contribution in [-0.4, -0.2) is 29.7 Å². The third kappa shape index (κ3) is 4.52. The van der Waals surface area contributed by atoms with Crippen LogP contribution < -0.4 is 4.74 Å². The summed E-state index contributed by atoms with van der Waals surface area (Å²) in [4.78, 5) is 21.4. The van der Waals surface area contributed by atoms with Gasteiger partial charge in [0.15, 0.2) is 11.5 Å². The van der Waals surface area contributed by atoms with Gasteiger partial charge < -0.3 is 13.9 Å². The highest BCUT2D eigenvalue weighted by Gasteiger charge is 2.22. The van der Waals surface area contributed by atoms with Crippen molar-refractivity contribution < 1.29 is 18.7 Å². The van der Waals surface area contributed by atoms with E-state index in [1.54, 1.807) is 43.8 Å². The normalized spacial score (nSPS) is 10.2. The molecule has 1 aromatic carbocycles. The van der Waals surface area contributed by atoms with Crippen LogP contribution in [0.15, 0.2) is 77.7 Å². The van der Waals surface area contributed by atoms with E-state index in [1.165, 1.54) is 7.11 Å². The zero-order chi connectivity index (χ0) is 22.3. The Bertz CT molecular complexity index is 1270. The SMILES string of the molecule is CCOC(=O)c1cc(-c2ccco2)nc(-c2ccc(C#Cc3cccnc3)cc2)c1OC. The molecular weight excluding hydrogens is 404 g/mol. The fourth-order valence-corrected chi connectivity index (χ4v) is 3.14. The van der Waals surface area contributed by atoms with Crippen LogP contribution in [0.3, 0.4) is 0 Å². The standard InChI is InChI=1S/C26H20N2O4/c1-3-31-26(29)21-16-22(23-7-5-15-32-23)28-24(25(21)30-2)20-12-10-18(11-13-20)8-9-19-6-4-14-27-17-19/h4-7,10-17H,3H2,1-2H3. The first kappa shape index (κ1) is 20.9. The number of carbonyl (C=O) groups is 1. The van der Waals surface area contributed by atoms with Crippen LogP contribution in [-0.2, 0) is 4.74 Å². The largest absolute Gasteiger partial charge is 0.494 e. The van der Waals surface area contributed by atoms with Crippen LogP contribution in [0.25, 0.3) is 22.7 Å². The predicted molar refractivity (Wildman–Crippen MR) is 120 cm³/mol. The third-order valence-corrected chi connectivity index (χ3v) is 4.62. The van der Waals surface area contributed by atoms with Crippen LogP contribution in [0.1, 0.15) is 28.4 Å². The summed E-state index contributed by atoms with van der Waals surface area (Å²) in [7, 11) is 1.50. The Labute approximate surface area is 185 Å². The molecule has 0 aliphatic rings. The Hall–Kier alpha value is -4.37. The molecule has 0 N–H and O–H groups in total. The molecule has 0 aliphatic carbocycles. The summed E-state index contributed by atoms with van der Waals surface area (Å²) in [5, 5.41) is 0. The third-order valence-electron chi connectivity index (χ3n) is 4.62. The zero-order valence-electron chi connectivity index (χ0n) is 17.7. The maximum absolute atomic E-state index is 12.6. The van der Waals surface area contributed by atoms with E-state index in [0.29, 0.717) is 22.9 Å². The summed E-state index contributed by atoms with van der Waals surface area (Å²) in [6.07, 6.45) is 4.98. The van der Waals surface area contributed by atoms with E-state index in [9.17, 15) is 4.79 Å². The van der Waals surface area contributed by atoms with Gasteiger partial charge in [-0.2, -0.15) is 0 Å². The minimum atomic E-state index is -0.486. The summed E-state index contributed by atoms with van der Waals surface area (Å²) < 4.78 is 16.3. The number of esters is 1. The number of pyridine rings is 2. The van der Waals surface area contributed by atoms with Crippen molar-refractivity contribution in [3.05, 3.63) is 89.9 Å². The zero-order valence-corrected chi connectivity index (χ0v) is 17.7. The number of hydrogen-bond acceptors (Lipinski definition) is 6. The number of benzene rings is 1. The van der Waals surface area contributed by atoms with Crippen LogP contribution in [0.5, 0.6) is 5.75 Å². The molecule has 0 atom stereocenters. The van der Waals surface area contributed by atoms with Crippen LogP contribution in [0, 0.1) is 11.8 Å². The molecule has 0 spiro atoms. The number of ether oxygens (including phenoxy) is 2. The lowest BCUT2D eigenvalue weighted by Gasteiger charge is -2.14. The highest BCUT2D eigenvalue weighted by Crippen LogP contribution is 2.35. The smallest absolute Gasteiger partial charge is 0.342 e. The van der Waals surface area contributed by atoms with Crippen molar-refractivity contribution in [1.82, 2.24) is 9.97 Å². The highest BCUT2D eigenvalue weighted by atomic mass is 16.5. The Morgan fingerprint density at radius 2 is 1.88 bits per heavy atom. The minimum Gasteiger partial charge on any atom is -0.494 e. The van der Waals surface area contributed by atoms with Crippen molar-refractivity contribution in [3.8, 4) is 40.3 Å². The lowest BCUT2D eigenvalue weighted by Crippen LogP contribution is -2.09. The topological polar surface area (TPSA) is 74.5 Å². The van der Waals surface area contributed by atoms with Crippen molar-refractivity contribution >= 4 is 5.97 Å². The number of nitrogens with zero attached hydrogens (tertiary/aromatic N) is 2. The van der Waals surface area contributed by atoms with Gasteiger partial charge in [-0.25, -0.2) is 9.78 Å². The average molecular weight is 424 g/mol. The molecule has 0 fully saturated rings. The minimum absolute atomic E-state index is 0.250. The van der Waals surface area contributed by atoms with Gasteiger partial charge in [-0.05, 0) is 49.4 Å². The van der Waals surface area contributed by atoms with E-state index in [1.807, 2.05) is 36.4 Å². The fourth-order valence-electron chi connectivity index (χ4n) is 3.14. The first-order valence-electron chi connectivity index (χ1n) is 10.0. The maximum atomic E-state index is 12.6. The molecule has 0 radical (unpaired) electrons. The Balaban J connectivity index is 1.76. The lowest BCUT2D eigenvalue weighted by molar-refractivity contribution is 0.0522. The molecule has 0 aliphatic heterocycles. The summed E-state index contributed by atoms with van der Waals surface area (Å²) in [6.45, 7) is 2.01. The molecule has 6 heteroatoms. The van der Waals surface area contributed by atoms with Gasteiger partial charge in [-0.1, -0.05) is 24.0 Å².